The average Bonchev–Trinajstić information content (AvgIpc) is 2.98. The van der Waals surface area contributed by atoms with Crippen LogP contribution in [0.15, 0.2) is 0 Å². The number of carbonyl (C=O) groups is 3. The van der Waals surface area contributed by atoms with Crippen LogP contribution < -0.4 is 11.1 Å². The van der Waals surface area contributed by atoms with Crippen LogP contribution in [0.1, 0.15) is 19.3 Å². The second-order valence-electron chi connectivity index (χ2n) is 5.16. The summed E-state index contributed by atoms with van der Waals surface area (Å²) in [4.78, 5) is 37.0. The summed E-state index contributed by atoms with van der Waals surface area (Å²) in [6.07, 6.45) is 3.72. The highest BCUT2D eigenvalue weighted by Crippen LogP contribution is 2.19. The van der Waals surface area contributed by atoms with E-state index in [4.69, 9.17) is 10.8 Å². The summed E-state index contributed by atoms with van der Waals surface area (Å²) in [7, 11) is 0. The Morgan fingerprint density at radius 3 is 2.73 bits per heavy atom. The van der Waals surface area contributed by atoms with Crippen LogP contribution in [0.25, 0.3) is 0 Å². The minimum atomic E-state index is -1.14. The molecule has 1 aliphatic rings. The number of thioether (sulfide) groups is 1. The summed E-state index contributed by atoms with van der Waals surface area (Å²) in [6.45, 7) is 0.475. The van der Waals surface area contributed by atoms with Crippen LogP contribution in [-0.4, -0.2) is 70.2 Å². The zero-order valence-corrected chi connectivity index (χ0v) is 14.2. The van der Waals surface area contributed by atoms with Crippen LogP contribution >= 0.6 is 24.4 Å². The van der Waals surface area contributed by atoms with Gasteiger partial charge in [-0.1, -0.05) is 0 Å². The van der Waals surface area contributed by atoms with Crippen molar-refractivity contribution in [2.75, 3.05) is 24.3 Å². The van der Waals surface area contributed by atoms with Gasteiger partial charge >= 0.3 is 5.97 Å². The maximum atomic E-state index is 12.3. The van der Waals surface area contributed by atoms with Crippen LogP contribution in [0.4, 0.5) is 0 Å². The number of carboxylic acids is 1. The van der Waals surface area contributed by atoms with E-state index in [-0.39, 0.29) is 11.7 Å². The van der Waals surface area contributed by atoms with Crippen molar-refractivity contribution in [3.63, 3.8) is 0 Å². The van der Waals surface area contributed by atoms with Crippen molar-refractivity contribution in [1.29, 1.82) is 0 Å². The van der Waals surface area contributed by atoms with E-state index in [1.54, 1.807) is 11.8 Å². The Hall–Kier alpha value is -0.930. The van der Waals surface area contributed by atoms with Gasteiger partial charge in [0.15, 0.2) is 0 Å². The van der Waals surface area contributed by atoms with Gasteiger partial charge in [-0.2, -0.15) is 24.4 Å². The standard InChI is InChI=1S/C13H23N3O4S2/c1-22-6-4-8(14)12(18)16-5-2-3-10(16)11(17)15-9(7-21)13(19)20/h8-10,21H,2-7,14H2,1H3,(H,15,17)(H,19,20)/t8-,9-,10-/m0/s1. The molecule has 126 valence electrons. The zero-order chi connectivity index (χ0) is 16.7. The van der Waals surface area contributed by atoms with Gasteiger partial charge in [-0.05, 0) is 31.3 Å². The van der Waals surface area contributed by atoms with Gasteiger partial charge in [0.2, 0.25) is 11.8 Å². The fourth-order valence-corrected chi connectivity index (χ4v) is 3.07. The third-order valence-electron chi connectivity index (χ3n) is 3.59. The lowest BCUT2D eigenvalue weighted by Crippen LogP contribution is -2.54. The fraction of sp³-hybridized carbons (Fsp3) is 0.769. The van der Waals surface area contributed by atoms with Gasteiger partial charge in [-0.15, -0.1) is 0 Å². The highest BCUT2D eigenvalue weighted by Gasteiger charge is 2.37. The number of rotatable bonds is 8. The predicted octanol–water partition coefficient (Wildman–Crippen LogP) is -0.443. The van der Waals surface area contributed by atoms with E-state index >= 15 is 0 Å². The van der Waals surface area contributed by atoms with E-state index in [0.717, 1.165) is 5.75 Å². The molecule has 0 aromatic rings. The largest absolute Gasteiger partial charge is 0.480 e. The minimum Gasteiger partial charge on any atom is -0.480 e. The first kappa shape index (κ1) is 19.1. The molecule has 0 aromatic heterocycles. The molecule has 0 spiro atoms. The maximum absolute atomic E-state index is 12.3. The lowest BCUT2D eigenvalue weighted by atomic mass is 10.1. The molecule has 0 unspecified atom stereocenters. The highest BCUT2D eigenvalue weighted by atomic mass is 32.2. The molecule has 1 aliphatic heterocycles. The number of hydrogen-bond donors (Lipinski definition) is 4. The zero-order valence-electron chi connectivity index (χ0n) is 12.5. The van der Waals surface area contributed by atoms with Crippen LogP contribution in [0.3, 0.4) is 0 Å². The Kier molecular flexibility index (Phi) is 8.05. The maximum Gasteiger partial charge on any atom is 0.327 e. The first-order chi connectivity index (χ1) is 10.4. The molecule has 0 aliphatic carbocycles. The Bertz CT molecular complexity index is 422. The van der Waals surface area contributed by atoms with Crippen molar-refractivity contribution >= 4 is 42.2 Å². The van der Waals surface area contributed by atoms with Gasteiger partial charge in [0.25, 0.3) is 0 Å². The summed E-state index contributed by atoms with van der Waals surface area (Å²) in [5, 5.41) is 11.4. The van der Waals surface area contributed by atoms with E-state index in [1.165, 1.54) is 4.90 Å². The molecule has 9 heteroatoms. The van der Waals surface area contributed by atoms with Crippen LogP contribution in [0, 0.1) is 0 Å². The van der Waals surface area contributed by atoms with Gasteiger partial charge in [0, 0.05) is 12.3 Å². The Morgan fingerprint density at radius 1 is 1.50 bits per heavy atom. The number of carboxylic acid groups (broad SMARTS) is 1. The minimum absolute atomic E-state index is 0.00498. The summed E-state index contributed by atoms with van der Waals surface area (Å²) in [5.74, 6) is -1.07. The number of nitrogens with one attached hydrogen (secondary N) is 1. The molecule has 1 fully saturated rings. The fourth-order valence-electron chi connectivity index (χ4n) is 2.34. The number of aliphatic carboxylic acids is 1. The molecule has 1 heterocycles. The van der Waals surface area contributed by atoms with E-state index in [2.05, 4.69) is 17.9 Å². The number of hydrogen-bond acceptors (Lipinski definition) is 6. The van der Waals surface area contributed by atoms with Gasteiger partial charge < -0.3 is 21.1 Å². The van der Waals surface area contributed by atoms with Crippen LogP contribution in [0.5, 0.6) is 0 Å². The number of likely N-dealkylation sites (tertiary alicyclic amines) is 1. The van der Waals surface area contributed by atoms with Gasteiger partial charge in [0.05, 0.1) is 6.04 Å². The summed E-state index contributed by atoms with van der Waals surface area (Å²) < 4.78 is 0. The monoisotopic (exact) mass is 349 g/mol. The Labute approximate surface area is 139 Å². The van der Waals surface area contributed by atoms with E-state index in [9.17, 15) is 14.4 Å². The third-order valence-corrected chi connectivity index (χ3v) is 4.59. The first-order valence-electron chi connectivity index (χ1n) is 7.11. The van der Waals surface area contributed by atoms with Crippen molar-refractivity contribution < 1.29 is 19.5 Å². The second-order valence-corrected chi connectivity index (χ2v) is 6.51. The molecule has 4 N–H and O–H groups in total. The second kappa shape index (κ2) is 9.26. The molecular formula is C13H23N3O4S2. The van der Waals surface area contributed by atoms with E-state index in [1.807, 2.05) is 6.26 Å². The topological polar surface area (TPSA) is 113 Å². The van der Waals surface area contributed by atoms with E-state index < -0.39 is 30.0 Å². The molecule has 0 saturated carbocycles. The molecule has 2 amide bonds. The first-order valence-corrected chi connectivity index (χ1v) is 9.14. The predicted molar refractivity (Wildman–Crippen MR) is 89.1 cm³/mol. The smallest absolute Gasteiger partial charge is 0.327 e. The number of nitrogens with two attached hydrogens (primary N) is 1. The number of thiol groups is 1. The molecule has 1 rings (SSSR count). The quantitative estimate of drug-likeness (QED) is 0.442. The van der Waals surface area contributed by atoms with Crippen molar-refractivity contribution in [3.05, 3.63) is 0 Å². The van der Waals surface area contributed by atoms with Gasteiger partial charge in [-0.25, -0.2) is 4.79 Å². The molecule has 1 saturated heterocycles. The SMILES string of the molecule is CSCC[C@H](N)C(=O)N1CCC[C@H]1C(=O)N[C@@H](CS)C(=O)O. The van der Waals surface area contributed by atoms with Crippen LogP contribution in [0.2, 0.25) is 0 Å². The Morgan fingerprint density at radius 2 is 2.18 bits per heavy atom. The lowest BCUT2D eigenvalue weighted by molar-refractivity contribution is -0.143. The molecule has 3 atom stereocenters. The molecular weight excluding hydrogens is 326 g/mol. The van der Waals surface area contributed by atoms with Crippen molar-refractivity contribution in [2.24, 2.45) is 5.73 Å². The number of nitrogens with zero attached hydrogens (tertiary/aromatic N) is 1. The van der Waals surface area contributed by atoms with Crippen molar-refractivity contribution in [1.82, 2.24) is 10.2 Å². The average molecular weight is 349 g/mol. The van der Waals surface area contributed by atoms with Crippen LogP contribution in [-0.2, 0) is 14.4 Å². The summed E-state index contributed by atoms with van der Waals surface area (Å²) in [6, 6.07) is -2.32. The molecule has 0 bridgehead atoms. The van der Waals surface area contributed by atoms with E-state index in [0.29, 0.717) is 25.8 Å². The summed E-state index contributed by atoms with van der Waals surface area (Å²) >= 11 is 5.52. The summed E-state index contributed by atoms with van der Waals surface area (Å²) in [5.41, 5.74) is 5.88. The van der Waals surface area contributed by atoms with Crippen molar-refractivity contribution in [2.45, 2.75) is 37.4 Å². The molecule has 7 nitrogen and oxygen atoms in total. The molecule has 22 heavy (non-hydrogen) atoms. The van der Waals surface area contributed by atoms with Gasteiger partial charge in [-0.3, -0.25) is 9.59 Å². The Balaban J connectivity index is 2.67. The normalized spacial score (nSPS) is 20.5. The number of carbonyl (C=O) groups excluding carboxylic acids is 2. The van der Waals surface area contributed by atoms with Gasteiger partial charge in [0.1, 0.15) is 12.1 Å². The highest BCUT2D eigenvalue weighted by molar-refractivity contribution is 7.98. The third kappa shape index (κ3) is 5.06. The lowest BCUT2D eigenvalue weighted by Gasteiger charge is -2.27. The number of amides is 2. The van der Waals surface area contributed by atoms with Crippen molar-refractivity contribution in [3.8, 4) is 0 Å². The molecule has 0 radical (unpaired) electrons. The molecule has 0 aromatic carbocycles.